The van der Waals surface area contributed by atoms with E-state index in [0.717, 1.165) is 12.2 Å². The van der Waals surface area contributed by atoms with Crippen molar-refractivity contribution in [1.29, 1.82) is 0 Å². The second-order valence-electron chi connectivity index (χ2n) is 4.39. The van der Waals surface area contributed by atoms with Crippen LogP contribution < -0.4 is 0 Å². The van der Waals surface area contributed by atoms with E-state index in [1.165, 1.54) is 12.8 Å². The van der Waals surface area contributed by atoms with Crippen LogP contribution in [0.4, 0.5) is 0 Å². The number of aromatic nitrogens is 1. The van der Waals surface area contributed by atoms with E-state index in [0.29, 0.717) is 5.41 Å². The standard InChI is InChI=1S/C10H17NO/c1-10(2,3)7-4-5-9-6-8-11-12-9/h6,8H,4-5,7H2,1-3H3. The molecule has 0 radical (unpaired) electrons. The number of aryl methyl sites for hydroxylation is 1. The van der Waals surface area contributed by atoms with Gasteiger partial charge in [-0.05, 0) is 18.3 Å². The van der Waals surface area contributed by atoms with Gasteiger partial charge in [-0.25, -0.2) is 0 Å². The molecular formula is C10H17NO. The molecule has 0 saturated carbocycles. The third kappa shape index (κ3) is 3.56. The Labute approximate surface area is 74.0 Å². The Bertz CT molecular complexity index is 208. The molecule has 68 valence electrons. The van der Waals surface area contributed by atoms with Crippen LogP contribution >= 0.6 is 0 Å². The summed E-state index contributed by atoms with van der Waals surface area (Å²) in [6, 6.07) is 1.93. The zero-order valence-corrected chi connectivity index (χ0v) is 8.13. The van der Waals surface area contributed by atoms with Gasteiger partial charge in [-0.15, -0.1) is 0 Å². The lowest BCUT2D eigenvalue weighted by molar-refractivity contribution is 0.341. The number of hydrogen-bond donors (Lipinski definition) is 0. The van der Waals surface area contributed by atoms with Crippen molar-refractivity contribution in [2.75, 3.05) is 0 Å². The Balaban J connectivity index is 2.20. The van der Waals surface area contributed by atoms with Crippen molar-refractivity contribution in [2.45, 2.75) is 40.0 Å². The van der Waals surface area contributed by atoms with Crippen LogP contribution in [-0.4, -0.2) is 5.16 Å². The molecule has 1 aromatic rings. The van der Waals surface area contributed by atoms with Gasteiger partial charge in [0.25, 0.3) is 0 Å². The highest BCUT2D eigenvalue weighted by Crippen LogP contribution is 2.21. The van der Waals surface area contributed by atoms with Crippen molar-refractivity contribution >= 4 is 0 Å². The Kier molecular flexibility index (Phi) is 2.90. The van der Waals surface area contributed by atoms with Gasteiger partial charge < -0.3 is 4.52 Å². The van der Waals surface area contributed by atoms with Gasteiger partial charge in [0.15, 0.2) is 0 Å². The van der Waals surface area contributed by atoms with Crippen LogP contribution in [0.25, 0.3) is 0 Å². The predicted octanol–water partition coefficient (Wildman–Crippen LogP) is 3.04. The molecule has 0 aliphatic rings. The van der Waals surface area contributed by atoms with Crippen LogP contribution in [0.3, 0.4) is 0 Å². The molecule has 0 unspecified atom stereocenters. The van der Waals surface area contributed by atoms with Crippen molar-refractivity contribution in [2.24, 2.45) is 5.41 Å². The Hall–Kier alpha value is -0.790. The lowest BCUT2D eigenvalue weighted by Crippen LogP contribution is -2.04. The molecule has 0 N–H and O–H groups in total. The van der Waals surface area contributed by atoms with Crippen molar-refractivity contribution in [3.8, 4) is 0 Å². The lowest BCUT2D eigenvalue weighted by Gasteiger charge is -2.16. The highest BCUT2D eigenvalue weighted by atomic mass is 16.5. The maximum absolute atomic E-state index is 5.00. The van der Waals surface area contributed by atoms with Gasteiger partial charge >= 0.3 is 0 Å². The lowest BCUT2D eigenvalue weighted by atomic mass is 9.90. The summed E-state index contributed by atoms with van der Waals surface area (Å²) in [6.45, 7) is 6.77. The molecule has 2 heteroatoms. The fourth-order valence-electron chi connectivity index (χ4n) is 1.16. The monoisotopic (exact) mass is 167 g/mol. The molecule has 1 rings (SSSR count). The first kappa shape index (κ1) is 9.30. The van der Waals surface area contributed by atoms with Gasteiger partial charge in [0, 0.05) is 12.5 Å². The summed E-state index contributed by atoms with van der Waals surface area (Å²) in [7, 11) is 0. The highest BCUT2D eigenvalue weighted by Gasteiger charge is 2.09. The van der Waals surface area contributed by atoms with Crippen LogP contribution in [0, 0.1) is 5.41 Å². The van der Waals surface area contributed by atoms with Crippen molar-refractivity contribution in [3.63, 3.8) is 0 Å². The number of rotatable bonds is 3. The average molecular weight is 167 g/mol. The molecule has 2 nitrogen and oxygen atoms in total. The van der Waals surface area contributed by atoms with Crippen molar-refractivity contribution in [3.05, 3.63) is 18.0 Å². The molecule has 0 aliphatic carbocycles. The first-order chi connectivity index (χ1) is 5.58. The van der Waals surface area contributed by atoms with Crippen molar-refractivity contribution in [1.82, 2.24) is 5.16 Å². The third-order valence-corrected chi connectivity index (χ3v) is 1.84. The van der Waals surface area contributed by atoms with Crippen molar-refractivity contribution < 1.29 is 4.52 Å². The average Bonchev–Trinajstić information content (AvgIpc) is 2.36. The van der Waals surface area contributed by atoms with Crippen LogP contribution in [-0.2, 0) is 6.42 Å². The van der Waals surface area contributed by atoms with Gasteiger partial charge in [-0.1, -0.05) is 25.9 Å². The summed E-state index contributed by atoms with van der Waals surface area (Å²) >= 11 is 0. The quantitative estimate of drug-likeness (QED) is 0.691. The predicted molar refractivity (Wildman–Crippen MR) is 48.9 cm³/mol. The Morgan fingerprint density at radius 2 is 2.17 bits per heavy atom. The van der Waals surface area contributed by atoms with E-state index in [4.69, 9.17) is 4.52 Å². The minimum Gasteiger partial charge on any atom is -0.361 e. The first-order valence-corrected chi connectivity index (χ1v) is 4.47. The van der Waals surface area contributed by atoms with Gasteiger partial charge in [0.05, 0.1) is 6.20 Å². The van der Waals surface area contributed by atoms with Crippen LogP contribution in [0.15, 0.2) is 16.8 Å². The van der Waals surface area contributed by atoms with E-state index in [1.807, 2.05) is 6.07 Å². The second-order valence-corrected chi connectivity index (χ2v) is 4.39. The summed E-state index contributed by atoms with van der Waals surface area (Å²) < 4.78 is 5.00. The van der Waals surface area contributed by atoms with Crippen LogP contribution in [0.1, 0.15) is 39.4 Å². The molecule has 0 amide bonds. The smallest absolute Gasteiger partial charge is 0.136 e. The maximum atomic E-state index is 5.00. The molecule has 0 bridgehead atoms. The zero-order chi connectivity index (χ0) is 9.03. The molecule has 0 aromatic carbocycles. The third-order valence-electron chi connectivity index (χ3n) is 1.84. The summed E-state index contributed by atoms with van der Waals surface area (Å²) in [6.07, 6.45) is 5.12. The van der Waals surface area contributed by atoms with E-state index in [9.17, 15) is 0 Å². The maximum Gasteiger partial charge on any atom is 0.136 e. The Morgan fingerprint density at radius 1 is 1.42 bits per heavy atom. The molecule has 0 aliphatic heterocycles. The number of hydrogen-bond acceptors (Lipinski definition) is 2. The van der Waals surface area contributed by atoms with Gasteiger partial charge in [0.2, 0.25) is 0 Å². The Morgan fingerprint density at radius 3 is 2.67 bits per heavy atom. The van der Waals surface area contributed by atoms with E-state index >= 15 is 0 Å². The summed E-state index contributed by atoms with van der Waals surface area (Å²) in [5, 5.41) is 3.66. The molecule has 0 atom stereocenters. The SMILES string of the molecule is CC(C)(C)CCCc1ccno1. The highest BCUT2D eigenvalue weighted by molar-refractivity contribution is 4.92. The first-order valence-electron chi connectivity index (χ1n) is 4.47. The summed E-state index contributed by atoms with van der Waals surface area (Å²) in [5.41, 5.74) is 0.431. The molecule has 12 heavy (non-hydrogen) atoms. The minimum absolute atomic E-state index is 0.431. The fraction of sp³-hybridized carbons (Fsp3) is 0.700. The van der Waals surface area contributed by atoms with Crippen LogP contribution in [0.5, 0.6) is 0 Å². The molecule has 1 aromatic heterocycles. The summed E-state index contributed by atoms with van der Waals surface area (Å²) in [5.74, 6) is 0.999. The number of nitrogens with zero attached hydrogens (tertiary/aromatic N) is 1. The normalized spacial score (nSPS) is 11.9. The van der Waals surface area contributed by atoms with Crippen LogP contribution in [0.2, 0.25) is 0 Å². The van der Waals surface area contributed by atoms with E-state index < -0.39 is 0 Å². The zero-order valence-electron chi connectivity index (χ0n) is 8.13. The summed E-state index contributed by atoms with van der Waals surface area (Å²) in [4.78, 5) is 0. The van der Waals surface area contributed by atoms with E-state index in [-0.39, 0.29) is 0 Å². The molecular weight excluding hydrogens is 150 g/mol. The van der Waals surface area contributed by atoms with E-state index in [1.54, 1.807) is 6.20 Å². The molecule has 0 saturated heterocycles. The van der Waals surface area contributed by atoms with Gasteiger partial charge in [-0.2, -0.15) is 0 Å². The largest absolute Gasteiger partial charge is 0.361 e. The molecule has 1 heterocycles. The second kappa shape index (κ2) is 3.74. The fourth-order valence-corrected chi connectivity index (χ4v) is 1.16. The van der Waals surface area contributed by atoms with E-state index in [2.05, 4.69) is 25.9 Å². The minimum atomic E-state index is 0.431. The van der Waals surface area contributed by atoms with Gasteiger partial charge in [0.1, 0.15) is 5.76 Å². The van der Waals surface area contributed by atoms with Gasteiger partial charge in [-0.3, -0.25) is 0 Å². The molecule has 0 fully saturated rings. The topological polar surface area (TPSA) is 26.0 Å². The molecule has 0 spiro atoms.